The van der Waals surface area contributed by atoms with Crippen LogP contribution in [0.3, 0.4) is 0 Å². The zero-order valence-corrected chi connectivity index (χ0v) is 17.2. The van der Waals surface area contributed by atoms with E-state index in [-0.39, 0.29) is 22.1 Å². The van der Waals surface area contributed by atoms with Crippen LogP contribution in [-0.4, -0.2) is 19.9 Å². The first-order valence-corrected chi connectivity index (χ1v) is 11.0. The normalized spacial score (nSPS) is 14.9. The third-order valence-electron chi connectivity index (χ3n) is 4.87. The predicted molar refractivity (Wildman–Crippen MR) is 118 cm³/mol. The van der Waals surface area contributed by atoms with Gasteiger partial charge < -0.3 is 5.32 Å². The zero-order chi connectivity index (χ0) is 21.1. The van der Waals surface area contributed by atoms with Crippen LogP contribution in [0.15, 0.2) is 99.9 Å². The molecule has 0 heterocycles. The van der Waals surface area contributed by atoms with Gasteiger partial charge in [0.1, 0.15) is 0 Å². The fourth-order valence-corrected chi connectivity index (χ4v) is 4.25. The van der Waals surface area contributed by atoms with Crippen LogP contribution < -0.4 is 5.32 Å². The Kier molecular flexibility index (Phi) is 5.33. The second-order valence-electron chi connectivity index (χ2n) is 6.87. The highest BCUT2D eigenvalue weighted by Gasteiger charge is 2.26. The Morgan fingerprint density at radius 1 is 0.833 bits per heavy atom. The molecule has 0 saturated carbocycles. The minimum Gasteiger partial charge on any atom is -0.352 e. The summed E-state index contributed by atoms with van der Waals surface area (Å²) in [6.07, 6.45) is 2.32. The molecular weight excluding hydrogens is 396 g/mol. The molecule has 0 unspecified atom stereocenters. The highest BCUT2D eigenvalue weighted by molar-refractivity contribution is 7.90. The standard InChI is InChI=1S/C24H20N2O3S/c1-2-17-12-14-19(15-13-17)30(28,29)26-22-16-23(25-18-8-4-3-5-9-18)24(27)21-11-7-6-10-20(21)22/h3-16,25H,2H2,1H3/b26-22-. The Hall–Kier alpha value is -3.51. The molecule has 1 aliphatic carbocycles. The van der Waals surface area contributed by atoms with Crippen molar-refractivity contribution in [1.29, 1.82) is 0 Å². The van der Waals surface area contributed by atoms with Crippen molar-refractivity contribution >= 4 is 27.2 Å². The van der Waals surface area contributed by atoms with Crippen molar-refractivity contribution < 1.29 is 13.2 Å². The number of carbonyl (C=O) groups excluding carboxylic acids is 1. The molecule has 6 heteroatoms. The number of hydrogen-bond donors (Lipinski definition) is 1. The number of carbonyl (C=O) groups is 1. The highest BCUT2D eigenvalue weighted by atomic mass is 32.2. The number of allylic oxidation sites excluding steroid dienone is 2. The molecular formula is C24H20N2O3S. The first-order chi connectivity index (χ1) is 14.5. The van der Waals surface area contributed by atoms with Crippen molar-refractivity contribution in [2.24, 2.45) is 4.40 Å². The number of aryl methyl sites for hydroxylation is 1. The van der Waals surface area contributed by atoms with Crippen molar-refractivity contribution in [1.82, 2.24) is 0 Å². The second kappa shape index (κ2) is 8.08. The molecule has 0 aromatic heterocycles. The van der Waals surface area contributed by atoms with E-state index in [0.29, 0.717) is 11.1 Å². The van der Waals surface area contributed by atoms with Gasteiger partial charge in [-0.3, -0.25) is 4.79 Å². The van der Waals surface area contributed by atoms with Crippen molar-refractivity contribution in [2.45, 2.75) is 18.2 Å². The molecule has 3 aromatic rings. The Balaban J connectivity index is 1.79. The Labute approximate surface area is 175 Å². The highest BCUT2D eigenvalue weighted by Crippen LogP contribution is 2.25. The summed E-state index contributed by atoms with van der Waals surface area (Å²) in [4.78, 5) is 13.1. The summed E-state index contributed by atoms with van der Waals surface area (Å²) in [7, 11) is -3.94. The number of nitrogens with zero attached hydrogens (tertiary/aromatic N) is 1. The fraction of sp³-hybridized carbons (Fsp3) is 0.0833. The van der Waals surface area contributed by atoms with Gasteiger partial charge in [-0.25, -0.2) is 0 Å². The molecule has 0 aliphatic heterocycles. The number of ketones is 1. The van der Waals surface area contributed by atoms with Crippen LogP contribution >= 0.6 is 0 Å². The Bertz CT molecular complexity index is 1260. The molecule has 5 nitrogen and oxygen atoms in total. The molecule has 30 heavy (non-hydrogen) atoms. The van der Waals surface area contributed by atoms with Crippen molar-refractivity contribution in [2.75, 3.05) is 5.32 Å². The average Bonchev–Trinajstić information content (AvgIpc) is 2.77. The van der Waals surface area contributed by atoms with Gasteiger partial charge in [-0.1, -0.05) is 61.5 Å². The second-order valence-corrected chi connectivity index (χ2v) is 8.48. The van der Waals surface area contributed by atoms with Crippen molar-refractivity contribution in [3.8, 4) is 0 Å². The van der Waals surface area contributed by atoms with Crippen LogP contribution in [0.1, 0.15) is 28.4 Å². The van der Waals surface area contributed by atoms with Gasteiger partial charge in [0.25, 0.3) is 10.0 Å². The van der Waals surface area contributed by atoms with E-state index < -0.39 is 10.0 Å². The summed E-state index contributed by atoms with van der Waals surface area (Å²) in [6, 6.07) is 22.8. The van der Waals surface area contributed by atoms with E-state index in [9.17, 15) is 13.2 Å². The molecule has 150 valence electrons. The molecule has 1 N–H and O–H groups in total. The number of anilines is 1. The first-order valence-electron chi connectivity index (χ1n) is 9.60. The lowest BCUT2D eigenvalue weighted by atomic mass is 9.92. The van der Waals surface area contributed by atoms with Gasteiger partial charge in [0.05, 0.1) is 16.3 Å². The van der Waals surface area contributed by atoms with Crippen molar-refractivity contribution in [3.05, 3.63) is 107 Å². The largest absolute Gasteiger partial charge is 0.352 e. The van der Waals surface area contributed by atoms with Gasteiger partial charge >= 0.3 is 0 Å². The number of para-hydroxylation sites is 1. The number of fused-ring (bicyclic) bond motifs is 1. The smallest absolute Gasteiger partial charge is 0.282 e. The van der Waals surface area contributed by atoms with Crippen LogP contribution in [0, 0.1) is 0 Å². The Morgan fingerprint density at radius 3 is 2.13 bits per heavy atom. The van der Waals surface area contributed by atoms with Crippen LogP contribution in [0.4, 0.5) is 5.69 Å². The van der Waals surface area contributed by atoms with E-state index in [1.807, 2.05) is 37.3 Å². The summed E-state index contributed by atoms with van der Waals surface area (Å²) in [5.41, 5.74) is 3.18. The molecule has 0 atom stereocenters. The van der Waals surface area contributed by atoms with E-state index >= 15 is 0 Å². The maximum absolute atomic E-state index is 12.9. The number of rotatable bonds is 5. The predicted octanol–water partition coefficient (Wildman–Crippen LogP) is 4.62. The number of sulfonamides is 1. The average molecular weight is 417 g/mol. The third kappa shape index (κ3) is 3.95. The number of hydrogen-bond acceptors (Lipinski definition) is 4. The molecule has 4 rings (SSSR count). The van der Waals surface area contributed by atoms with Gasteiger partial charge in [0.15, 0.2) is 0 Å². The molecule has 3 aromatic carbocycles. The maximum Gasteiger partial charge on any atom is 0.282 e. The summed E-state index contributed by atoms with van der Waals surface area (Å²) in [6.45, 7) is 2.01. The summed E-state index contributed by atoms with van der Waals surface area (Å²) in [5, 5.41) is 3.08. The molecule has 0 saturated heterocycles. The molecule has 0 bridgehead atoms. The fourth-order valence-electron chi connectivity index (χ4n) is 3.25. The van der Waals surface area contributed by atoms with Crippen LogP contribution in [0.25, 0.3) is 0 Å². The van der Waals surface area contributed by atoms with Gasteiger partial charge in [-0.15, -0.1) is 0 Å². The molecule has 0 amide bonds. The van der Waals surface area contributed by atoms with Gasteiger partial charge in [-0.2, -0.15) is 12.8 Å². The lowest BCUT2D eigenvalue weighted by Gasteiger charge is -2.18. The maximum atomic E-state index is 12.9. The minimum absolute atomic E-state index is 0.118. The molecule has 0 spiro atoms. The lowest BCUT2D eigenvalue weighted by Crippen LogP contribution is -2.22. The number of benzene rings is 3. The zero-order valence-electron chi connectivity index (χ0n) is 16.4. The van der Waals surface area contributed by atoms with Gasteiger partial charge in [-0.05, 0) is 42.3 Å². The monoisotopic (exact) mass is 416 g/mol. The summed E-state index contributed by atoms with van der Waals surface area (Å²) in [5.74, 6) is -0.210. The first kappa shape index (κ1) is 19.8. The van der Waals surface area contributed by atoms with Gasteiger partial charge in [0, 0.05) is 16.8 Å². The Morgan fingerprint density at radius 2 is 1.47 bits per heavy atom. The number of Topliss-reactive ketones (excluding diaryl/α,β-unsaturated/α-hetero) is 1. The minimum atomic E-state index is -3.94. The summed E-state index contributed by atoms with van der Waals surface area (Å²) >= 11 is 0. The van der Waals surface area contributed by atoms with E-state index in [1.165, 1.54) is 6.08 Å². The van der Waals surface area contributed by atoms with E-state index in [0.717, 1.165) is 17.7 Å². The molecule has 0 fully saturated rings. The van der Waals surface area contributed by atoms with E-state index in [2.05, 4.69) is 9.71 Å². The van der Waals surface area contributed by atoms with Gasteiger partial charge in [0.2, 0.25) is 5.78 Å². The summed E-state index contributed by atoms with van der Waals surface area (Å²) < 4.78 is 30.0. The van der Waals surface area contributed by atoms with Crippen LogP contribution in [0.5, 0.6) is 0 Å². The third-order valence-corrected chi connectivity index (χ3v) is 6.18. The van der Waals surface area contributed by atoms with Crippen molar-refractivity contribution in [3.63, 3.8) is 0 Å². The molecule has 0 radical (unpaired) electrons. The van der Waals surface area contributed by atoms with E-state index in [4.69, 9.17) is 0 Å². The quantitative estimate of drug-likeness (QED) is 0.659. The lowest BCUT2D eigenvalue weighted by molar-refractivity contribution is 0.103. The number of nitrogens with one attached hydrogen (secondary N) is 1. The van der Waals surface area contributed by atoms with E-state index in [1.54, 1.807) is 48.5 Å². The van der Waals surface area contributed by atoms with Crippen LogP contribution in [-0.2, 0) is 16.4 Å². The SMILES string of the molecule is CCc1ccc(S(=O)(=O)/N=C2/C=C(Nc3ccccc3)C(=O)c3ccccc32)cc1. The molecule has 1 aliphatic rings. The topological polar surface area (TPSA) is 75.6 Å². The van der Waals surface area contributed by atoms with Crippen LogP contribution in [0.2, 0.25) is 0 Å².